The number of H-pyrrole nitrogens is 1. The van der Waals surface area contributed by atoms with Gasteiger partial charge in [-0.15, -0.1) is 0 Å². The van der Waals surface area contributed by atoms with Crippen LogP contribution in [0.4, 0.5) is 4.79 Å². The molecule has 1 aliphatic rings. The highest BCUT2D eigenvalue weighted by Crippen LogP contribution is 2.13. The zero-order valence-electron chi connectivity index (χ0n) is 13.2. The second-order valence-electron chi connectivity index (χ2n) is 5.77. The predicted molar refractivity (Wildman–Crippen MR) is 81.2 cm³/mol. The van der Waals surface area contributed by atoms with Crippen molar-refractivity contribution < 1.29 is 9.53 Å². The quantitative estimate of drug-likeness (QED) is 0.869. The Bertz CT molecular complexity index is 452. The lowest BCUT2D eigenvalue weighted by Gasteiger charge is -2.33. The number of hydrogen-bond acceptors (Lipinski definition) is 4. The molecule has 0 bridgehead atoms. The highest BCUT2D eigenvalue weighted by Gasteiger charge is 2.24. The third-order valence-corrected chi connectivity index (χ3v) is 3.82. The van der Waals surface area contributed by atoms with Gasteiger partial charge in [-0.25, -0.2) is 4.79 Å². The number of likely N-dealkylation sites (tertiary alicyclic amines) is 1. The first-order valence-electron chi connectivity index (χ1n) is 7.77. The van der Waals surface area contributed by atoms with Crippen molar-refractivity contribution in [3.8, 4) is 0 Å². The third kappa shape index (κ3) is 4.74. The summed E-state index contributed by atoms with van der Waals surface area (Å²) in [6.45, 7) is 8.01. The Morgan fingerprint density at radius 2 is 2.29 bits per heavy atom. The second kappa shape index (κ2) is 7.45. The van der Waals surface area contributed by atoms with E-state index in [0.717, 1.165) is 43.7 Å². The zero-order chi connectivity index (χ0) is 15.2. The molecular weight excluding hydrogens is 268 g/mol. The Balaban J connectivity index is 1.71. The van der Waals surface area contributed by atoms with Crippen molar-refractivity contribution in [3.63, 3.8) is 0 Å². The fourth-order valence-corrected chi connectivity index (χ4v) is 2.80. The number of amides is 1. The van der Waals surface area contributed by atoms with Crippen LogP contribution in [-0.4, -0.2) is 53.0 Å². The molecule has 1 amide bonds. The number of aromatic amines is 1. The molecule has 1 atom stereocenters. The van der Waals surface area contributed by atoms with Crippen LogP contribution in [0, 0.1) is 6.92 Å². The minimum Gasteiger partial charge on any atom is -0.450 e. The van der Waals surface area contributed by atoms with E-state index in [9.17, 15) is 4.79 Å². The van der Waals surface area contributed by atoms with E-state index in [0.29, 0.717) is 18.7 Å². The van der Waals surface area contributed by atoms with Crippen LogP contribution in [0.15, 0.2) is 6.07 Å². The Morgan fingerprint density at radius 1 is 1.57 bits per heavy atom. The van der Waals surface area contributed by atoms with Crippen LogP contribution in [0.25, 0.3) is 0 Å². The predicted octanol–water partition coefficient (Wildman–Crippen LogP) is 1.86. The number of nitrogens with zero attached hydrogens (tertiary/aromatic N) is 2. The monoisotopic (exact) mass is 294 g/mol. The molecule has 2 rings (SSSR count). The first kappa shape index (κ1) is 15.8. The van der Waals surface area contributed by atoms with Crippen molar-refractivity contribution >= 4 is 6.09 Å². The topological polar surface area (TPSA) is 70.2 Å². The van der Waals surface area contributed by atoms with E-state index < -0.39 is 0 Å². The molecule has 1 saturated heterocycles. The van der Waals surface area contributed by atoms with E-state index in [4.69, 9.17) is 4.74 Å². The lowest BCUT2D eigenvalue weighted by molar-refractivity contribution is 0.0944. The molecule has 21 heavy (non-hydrogen) atoms. The van der Waals surface area contributed by atoms with Gasteiger partial charge in [-0.05, 0) is 39.7 Å². The van der Waals surface area contributed by atoms with Gasteiger partial charge in [0.1, 0.15) is 0 Å². The Kier molecular flexibility index (Phi) is 5.61. The summed E-state index contributed by atoms with van der Waals surface area (Å²) < 4.78 is 5.03. The van der Waals surface area contributed by atoms with Crippen molar-refractivity contribution in [1.82, 2.24) is 20.4 Å². The van der Waals surface area contributed by atoms with E-state index in [1.807, 2.05) is 13.8 Å². The molecule has 0 spiro atoms. The van der Waals surface area contributed by atoms with Crippen LogP contribution in [0.5, 0.6) is 0 Å². The summed E-state index contributed by atoms with van der Waals surface area (Å²) in [7, 11) is 0. The minimum atomic E-state index is -0.184. The molecule has 1 aromatic rings. The van der Waals surface area contributed by atoms with Gasteiger partial charge in [0, 0.05) is 37.3 Å². The smallest absolute Gasteiger partial charge is 0.409 e. The maximum absolute atomic E-state index is 11.6. The maximum atomic E-state index is 11.6. The normalized spacial score (nSPS) is 17.8. The number of carbonyl (C=O) groups is 1. The van der Waals surface area contributed by atoms with Gasteiger partial charge in [0.15, 0.2) is 0 Å². The lowest BCUT2D eigenvalue weighted by atomic mass is 10.0. The molecule has 0 aliphatic carbocycles. The summed E-state index contributed by atoms with van der Waals surface area (Å²) in [6.07, 6.45) is 2.68. The van der Waals surface area contributed by atoms with Crippen LogP contribution in [-0.2, 0) is 11.2 Å². The van der Waals surface area contributed by atoms with E-state index >= 15 is 0 Å². The molecule has 6 heteroatoms. The van der Waals surface area contributed by atoms with E-state index in [2.05, 4.69) is 28.5 Å². The number of aryl methyl sites for hydroxylation is 1. The minimum absolute atomic E-state index is 0.184. The van der Waals surface area contributed by atoms with E-state index in [1.165, 1.54) is 0 Å². The number of rotatable bonds is 5. The van der Waals surface area contributed by atoms with Crippen molar-refractivity contribution in [3.05, 3.63) is 17.5 Å². The summed E-state index contributed by atoms with van der Waals surface area (Å²) in [5.41, 5.74) is 2.19. The fraction of sp³-hybridized carbons (Fsp3) is 0.733. The molecule has 1 fully saturated rings. The van der Waals surface area contributed by atoms with Crippen LogP contribution in [0.3, 0.4) is 0 Å². The van der Waals surface area contributed by atoms with Crippen molar-refractivity contribution in [2.45, 2.75) is 52.1 Å². The van der Waals surface area contributed by atoms with Crippen molar-refractivity contribution in [1.29, 1.82) is 0 Å². The molecule has 6 nitrogen and oxygen atoms in total. The highest BCUT2D eigenvalue weighted by molar-refractivity contribution is 5.67. The largest absolute Gasteiger partial charge is 0.450 e. The summed E-state index contributed by atoms with van der Waals surface area (Å²) in [4.78, 5) is 13.4. The van der Waals surface area contributed by atoms with E-state index in [-0.39, 0.29) is 6.09 Å². The SMILES string of the molecule is CCOC(=O)N1CCC(N[C@H](C)Cc2cc(C)[nH]n2)CC1. The molecule has 1 aliphatic heterocycles. The number of nitrogens with one attached hydrogen (secondary N) is 2. The average Bonchev–Trinajstić information content (AvgIpc) is 2.85. The standard InChI is InChI=1S/C15H26N4O2/c1-4-21-15(20)19-7-5-13(6-8-19)16-11(2)9-14-10-12(3)17-18-14/h10-11,13,16H,4-9H2,1-3H3,(H,17,18)/t11-/m1/s1. The van der Waals surface area contributed by atoms with E-state index in [1.54, 1.807) is 4.90 Å². The van der Waals surface area contributed by atoms with Crippen LogP contribution < -0.4 is 5.32 Å². The number of ether oxygens (including phenoxy) is 1. The van der Waals surface area contributed by atoms with Gasteiger partial charge in [0.25, 0.3) is 0 Å². The summed E-state index contributed by atoms with van der Waals surface area (Å²) in [5, 5.41) is 10.9. The van der Waals surface area contributed by atoms with Gasteiger partial charge in [-0.3, -0.25) is 5.10 Å². The molecular formula is C15H26N4O2. The molecule has 0 saturated carbocycles. The average molecular weight is 294 g/mol. The van der Waals surface area contributed by atoms with Crippen molar-refractivity contribution in [2.24, 2.45) is 0 Å². The Labute approximate surface area is 126 Å². The van der Waals surface area contributed by atoms with Gasteiger partial charge >= 0.3 is 6.09 Å². The fourth-order valence-electron chi connectivity index (χ4n) is 2.80. The maximum Gasteiger partial charge on any atom is 0.409 e. The summed E-state index contributed by atoms with van der Waals surface area (Å²) in [5.74, 6) is 0. The third-order valence-electron chi connectivity index (χ3n) is 3.82. The molecule has 2 N–H and O–H groups in total. The zero-order valence-corrected chi connectivity index (χ0v) is 13.2. The number of hydrogen-bond donors (Lipinski definition) is 2. The molecule has 1 aromatic heterocycles. The van der Waals surface area contributed by atoms with Gasteiger partial charge in [0.2, 0.25) is 0 Å². The summed E-state index contributed by atoms with van der Waals surface area (Å²) in [6, 6.07) is 2.93. The second-order valence-corrected chi connectivity index (χ2v) is 5.77. The van der Waals surface area contributed by atoms with Crippen LogP contribution in [0.1, 0.15) is 38.1 Å². The Hall–Kier alpha value is -1.56. The number of piperidine rings is 1. The molecule has 118 valence electrons. The van der Waals surface area contributed by atoms with Gasteiger partial charge in [-0.1, -0.05) is 0 Å². The van der Waals surface area contributed by atoms with Crippen LogP contribution >= 0.6 is 0 Å². The molecule has 0 unspecified atom stereocenters. The van der Waals surface area contributed by atoms with Gasteiger partial charge < -0.3 is 15.0 Å². The molecule has 0 radical (unpaired) electrons. The molecule has 2 heterocycles. The van der Waals surface area contributed by atoms with Gasteiger partial charge in [-0.2, -0.15) is 5.10 Å². The summed E-state index contributed by atoms with van der Waals surface area (Å²) >= 11 is 0. The number of aromatic nitrogens is 2. The van der Waals surface area contributed by atoms with Crippen molar-refractivity contribution in [2.75, 3.05) is 19.7 Å². The Morgan fingerprint density at radius 3 is 2.86 bits per heavy atom. The highest BCUT2D eigenvalue weighted by atomic mass is 16.6. The first-order valence-corrected chi connectivity index (χ1v) is 7.77. The lowest BCUT2D eigenvalue weighted by Crippen LogP contribution is -2.47. The van der Waals surface area contributed by atoms with Crippen LogP contribution in [0.2, 0.25) is 0 Å². The van der Waals surface area contributed by atoms with Gasteiger partial charge in [0.05, 0.1) is 12.3 Å². The first-order chi connectivity index (χ1) is 10.1. The number of carbonyl (C=O) groups excluding carboxylic acids is 1. The molecule has 0 aromatic carbocycles.